The standard InChI is InChI=1S/C5H10.C2H7NS.Bi.BrH/c1-3-5-4-2;3-1-2-4;;/h1-5H2;4H,1-3H2;;1H/q;;+1;/p-1. The quantitative estimate of drug-likeness (QED) is 0.689. The summed E-state index contributed by atoms with van der Waals surface area (Å²) in [6.45, 7) is 0.899. The Hall–Kier alpha value is 1.67. The molecular formula is C7H17BiBrNS. The Morgan fingerprint density at radius 1 is 1.18 bits per heavy atom. The summed E-state index contributed by atoms with van der Waals surface area (Å²) in [7, 11) is 2.28. The predicted molar refractivity (Wildman–Crippen MR) is 61.1 cm³/mol. The molecule has 1 aliphatic rings. The molecule has 0 unspecified atom stereocenters. The van der Waals surface area contributed by atoms with E-state index in [1.54, 1.807) is 8.26 Å². The number of hydrogen-bond acceptors (Lipinski definition) is 2. The molecule has 1 saturated heterocycles. The van der Waals surface area contributed by atoms with Crippen LogP contribution in [0.15, 0.2) is 0 Å². The van der Waals surface area contributed by atoms with Gasteiger partial charge >= 0.3 is 74.4 Å². The Balaban J connectivity index is 0.000001000. The summed E-state index contributed by atoms with van der Waals surface area (Å²) < 4.78 is 3.28. The summed E-state index contributed by atoms with van der Waals surface area (Å²) in [5.41, 5.74) is 5.46. The zero-order valence-corrected chi connectivity index (χ0v) is 12.8. The van der Waals surface area contributed by atoms with Crippen LogP contribution in [0.4, 0.5) is 0 Å². The van der Waals surface area contributed by atoms with Crippen LogP contribution in [0.3, 0.4) is 0 Å². The second kappa shape index (κ2) is 8.28. The molecule has 11 heavy (non-hydrogen) atoms. The maximum absolute atomic E-state index is 5.46. The average molecular weight is 436 g/mol. The third kappa shape index (κ3) is 5.84. The third-order valence-corrected chi connectivity index (χ3v) is 18.4. The van der Waals surface area contributed by atoms with E-state index in [2.05, 4.69) is 8.52 Å². The zero-order valence-electron chi connectivity index (χ0n) is 6.79. The molecule has 1 heterocycles. The molecule has 0 amide bonds. The SMILES string of the molecule is Br.NCC[S][Bi]1[CH2]CCC[CH2]1. The van der Waals surface area contributed by atoms with Crippen molar-refractivity contribution in [2.45, 2.75) is 27.5 Å². The van der Waals surface area contributed by atoms with Crippen LogP contribution in [0.1, 0.15) is 19.3 Å². The first-order chi connectivity index (χ1) is 4.93. The summed E-state index contributed by atoms with van der Waals surface area (Å²) in [4.78, 5) is 0. The van der Waals surface area contributed by atoms with Crippen molar-refractivity contribution in [3.05, 3.63) is 0 Å². The van der Waals surface area contributed by atoms with Crippen LogP contribution in [0.25, 0.3) is 0 Å². The van der Waals surface area contributed by atoms with Crippen molar-refractivity contribution in [2.75, 3.05) is 12.3 Å². The Kier molecular flexibility index (Phi) is 9.54. The van der Waals surface area contributed by atoms with Crippen molar-refractivity contribution in [1.82, 2.24) is 0 Å². The molecule has 0 aliphatic carbocycles. The van der Waals surface area contributed by atoms with Gasteiger partial charge in [0.2, 0.25) is 0 Å². The van der Waals surface area contributed by atoms with Crippen LogP contribution in [-0.2, 0) is 0 Å². The summed E-state index contributed by atoms with van der Waals surface area (Å²) >= 11 is -0.890. The van der Waals surface area contributed by atoms with E-state index in [0.29, 0.717) is 0 Å². The van der Waals surface area contributed by atoms with Crippen molar-refractivity contribution in [2.24, 2.45) is 5.73 Å². The Morgan fingerprint density at radius 3 is 2.36 bits per heavy atom. The molecule has 4 heteroatoms. The molecule has 68 valence electrons. The molecule has 0 atom stereocenters. The van der Waals surface area contributed by atoms with Crippen LogP contribution in [-0.4, -0.2) is 32.6 Å². The van der Waals surface area contributed by atoms with Crippen molar-refractivity contribution < 1.29 is 0 Å². The fraction of sp³-hybridized carbons (Fsp3) is 1.00. The van der Waals surface area contributed by atoms with Crippen LogP contribution in [0.2, 0.25) is 8.26 Å². The number of hydrogen-bond donors (Lipinski definition) is 1. The molecule has 1 aliphatic heterocycles. The Labute approximate surface area is 90.6 Å². The normalized spacial score (nSPS) is 19.4. The minimum absolute atomic E-state index is 0. The summed E-state index contributed by atoms with van der Waals surface area (Å²) in [5, 5.41) is 0. The minimum atomic E-state index is -0.890. The summed E-state index contributed by atoms with van der Waals surface area (Å²) in [5.74, 6) is 1.25. The fourth-order valence-corrected chi connectivity index (χ4v) is 16.7. The number of halogens is 1. The topological polar surface area (TPSA) is 26.0 Å². The van der Waals surface area contributed by atoms with Gasteiger partial charge in [-0.05, 0) is 0 Å². The molecule has 0 aromatic heterocycles. The van der Waals surface area contributed by atoms with E-state index in [4.69, 9.17) is 5.73 Å². The number of rotatable bonds is 3. The third-order valence-electron chi connectivity index (χ3n) is 1.71. The van der Waals surface area contributed by atoms with Crippen LogP contribution < -0.4 is 5.73 Å². The fourth-order valence-electron chi connectivity index (χ4n) is 1.18. The van der Waals surface area contributed by atoms with Gasteiger partial charge in [0, 0.05) is 0 Å². The first kappa shape index (κ1) is 12.7. The van der Waals surface area contributed by atoms with Gasteiger partial charge in [-0.25, -0.2) is 0 Å². The van der Waals surface area contributed by atoms with Crippen molar-refractivity contribution in [3.8, 4) is 0 Å². The Morgan fingerprint density at radius 2 is 1.82 bits per heavy atom. The molecule has 0 radical (unpaired) electrons. The van der Waals surface area contributed by atoms with Crippen LogP contribution >= 0.6 is 25.5 Å². The van der Waals surface area contributed by atoms with Crippen molar-refractivity contribution in [1.29, 1.82) is 0 Å². The van der Waals surface area contributed by atoms with Gasteiger partial charge in [-0.1, -0.05) is 0 Å². The van der Waals surface area contributed by atoms with Gasteiger partial charge in [0.1, 0.15) is 0 Å². The molecule has 2 N–H and O–H groups in total. The first-order valence-electron chi connectivity index (χ1n) is 4.01. The van der Waals surface area contributed by atoms with Gasteiger partial charge in [-0.3, -0.25) is 0 Å². The van der Waals surface area contributed by atoms with Gasteiger partial charge in [-0.15, -0.1) is 17.0 Å². The van der Waals surface area contributed by atoms with Crippen LogP contribution in [0, 0.1) is 0 Å². The van der Waals surface area contributed by atoms with Crippen molar-refractivity contribution in [3.63, 3.8) is 0 Å². The molecule has 1 nitrogen and oxygen atoms in total. The molecular weight excluding hydrogens is 419 g/mol. The van der Waals surface area contributed by atoms with E-state index in [9.17, 15) is 0 Å². The number of nitrogens with two attached hydrogens (primary N) is 1. The summed E-state index contributed by atoms with van der Waals surface area (Å²) in [6, 6.07) is 0. The molecule has 1 fully saturated rings. The second-order valence-corrected chi connectivity index (χ2v) is 18.0. The average Bonchev–Trinajstić information content (AvgIpc) is 2.03. The van der Waals surface area contributed by atoms with Gasteiger partial charge in [0.15, 0.2) is 0 Å². The van der Waals surface area contributed by atoms with E-state index in [1.807, 2.05) is 0 Å². The van der Waals surface area contributed by atoms with E-state index >= 15 is 0 Å². The van der Waals surface area contributed by atoms with E-state index < -0.39 is 20.3 Å². The Bertz CT molecular complexity index is 88.5. The monoisotopic (exact) mass is 435 g/mol. The molecule has 0 aromatic carbocycles. The van der Waals surface area contributed by atoms with E-state index in [0.717, 1.165) is 6.54 Å². The van der Waals surface area contributed by atoms with Gasteiger partial charge in [0.25, 0.3) is 0 Å². The maximum atomic E-state index is 5.46. The molecule has 1 rings (SSSR count). The zero-order chi connectivity index (χ0) is 7.23. The van der Waals surface area contributed by atoms with Crippen molar-refractivity contribution >= 4 is 45.8 Å². The van der Waals surface area contributed by atoms with E-state index in [-0.39, 0.29) is 17.0 Å². The molecule has 0 saturated carbocycles. The molecule has 0 aromatic rings. The van der Waals surface area contributed by atoms with Gasteiger partial charge in [-0.2, -0.15) is 0 Å². The summed E-state index contributed by atoms with van der Waals surface area (Å²) in [6.07, 6.45) is 4.58. The van der Waals surface area contributed by atoms with E-state index in [1.165, 1.54) is 25.0 Å². The molecule has 0 bridgehead atoms. The first-order valence-corrected chi connectivity index (χ1v) is 14.1. The van der Waals surface area contributed by atoms with Gasteiger partial charge in [0.05, 0.1) is 0 Å². The van der Waals surface area contributed by atoms with Crippen LogP contribution in [0.5, 0.6) is 0 Å². The second-order valence-electron chi connectivity index (χ2n) is 2.61. The predicted octanol–water partition coefficient (Wildman–Crippen LogP) is 2.43. The van der Waals surface area contributed by atoms with Gasteiger partial charge < -0.3 is 0 Å². The molecule has 0 spiro atoms.